The van der Waals surface area contributed by atoms with Crippen molar-refractivity contribution in [3.8, 4) is 11.5 Å². The molecule has 8 heteroatoms. The van der Waals surface area contributed by atoms with Crippen molar-refractivity contribution < 1.29 is 19.1 Å². The summed E-state index contributed by atoms with van der Waals surface area (Å²) in [6.45, 7) is 2.83. The van der Waals surface area contributed by atoms with E-state index in [4.69, 9.17) is 32.4 Å². The maximum absolute atomic E-state index is 12.2. The molecule has 0 aliphatic rings. The maximum Gasteiger partial charge on any atom is 0.343 e. The molecule has 222 valence electrons. The van der Waals surface area contributed by atoms with E-state index in [2.05, 4.69) is 0 Å². The molecule has 0 aliphatic heterocycles. The van der Waals surface area contributed by atoms with E-state index in [0.29, 0.717) is 24.6 Å². The summed E-state index contributed by atoms with van der Waals surface area (Å²) in [5, 5.41) is 0. The molecule has 0 spiro atoms. The Morgan fingerprint density at radius 2 is 0.881 bits per heavy atom. The van der Waals surface area contributed by atoms with Crippen LogP contribution in [0.1, 0.15) is 57.5 Å². The zero-order valence-corrected chi connectivity index (χ0v) is 24.0. The van der Waals surface area contributed by atoms with Crippen molar-refractivity contribution in [2.45, 2.75) is 38.8 Å². The number of rotatable bonds is 11. The molecular formula is C34H42N4O4. The van der Waals surface area contributed by atoms with Crippen LogP contribution >= 0.6 is 0 Å². The Morgan fingerprint density at radius 1 is 0.476 bits per heavy atom. The monoisotopic (exact) mass is 570 g/mol. The average Bonchev–Trinajstić information content (AvgIpc) is 3.05. The number of hydrogen-bond donors (Lipinski definition) is 4. The highest BCUT2D eigenvalue weighted by molar-refractivity contribution is 5.96. The minimum atomic E-state index is -0.532. The Hall–Kier alpha value is -4.34. The fraction of sp³-hybridized carbons (Fsp3) is 0.235. The number of para-hydroxylation sites is 2. The van der Waals surface area contributed by atoms with Crippen LogP contribution in [0.25, 0.3) is 0 Å². The first-order valence-corrected chi connectivity index (χ1v) is 14.0. The fourth-order valence-electron chi connectivity index (χ4n) is 3.61. The minimum Gasteiger partial charge on any atom is -0.423 e. The molecule has 0 atom stereocenters. The third-order valence-electron chi connectivity index (χ3n) is 5.86. The smallest absolute Gasteiger partial charge is 0.343 e. The van der Waals surface area contributed by atoms with Crippen LogP contribution in [0.4, 0.5) is 0 Å². The van der Waals surface area contributed by atoms with Crippen LogP contribution in [0, 0.1) is 0 Å². The summed E-state index contributed by atoms with van der Waals surface area (Å²) in [6.07, 6.45) is 4.79. The van der Waals surface area contributed by atoms with Gasteiger partial charge in [0.15, 0.2) is 0 Å². The Morgan fingerprint density at radius 3 is 1.26 bits per heavy atom. The molecule has 0 unspecified atom stereocenters. The van der Waals surface area contributed by atoms with Crippen LogP contribution < -0.4 is 32.4 Å². The Balaban J connectivity index is 0.000000281. The molecule has 4 rings (SSSR count). The van der Waals surface area contributed by atoms with E-state index < -0.39 is 11.9 Å². The predicted molar refractivity (Wildman–Crippen MR) is 168 cm³/mol. The second-order valence-corrected chi connectivity index (χ2v) is 9.21. The maximum atomic E-state index is 12.2. The Labute approximate surface area is 248 Å². The lowest BCUT2D eigenvalue weighted by Crippen LogP contribution is -2.12. The van der Waals surface area contributed by atoms with Gasteiger partial charge in [0.25, 0.3) is 0 Å². The number of carbonyl (C=O) groups is 2. The molecule has 0 heterocycles. The summed E-state index contributed by atoms with van der Waals surface area (Å²) in [5.74, 6) is -0.175. The van der Waals surface area contributed by atoms with E-state index >= 15 is 0 Å². The largest absolute Gasteiger partial charge is 0.423 e. The predicted octanol–water partition coefficient (Wildman–Crippen LogP) is 5.19. The lowest BCUT2D eigenvalue weighted by atomic mass is 10.1. The van der Waals surface area contributed by atoms with E-state index in [0.717, 1.165) is 37.1 Å². The molecule has 0 fully saturated rings. The quantitative estimate of drug-likeness (QED) is 0.109. The minimum absolute atomic E-state index is 0.279. The highest BCUT2D eigenvalue weighted by atomic mass is 16.5. The van der Waals surface area contributed by atoms with Gasteiger partial charge in [-0.3, -0.25) is 0 Å². The standard InChI is InChI=1S/C20H14O4.C8H12N2.C6H16N2/c21-19(23-17-10-3-1-4-11-17)15-8-7-9-16(14-15)20(22)24-18-12-5-2-6-13-18;9-5-7-2-1-3-8(4-7)6-10;7-5-3-1-2-4-6-8/h1-14H;1-4H,5-6,9-10H2;1-8H2. The summed E-state index contributed by atoms with van der Waals surface area (Å²) in [6, 6.07) is 31.7. The van der Waals surface area contributed by atoms with E-state index in [9.17, 15) is 9.59 Å². The SMILES string of the molecule is NCCCCCCN.NCc1cccc(CN)c1.O=C(Oc1ccccc1)c1cccc(C(=O)Oc2ccccc2)c1. The summed E-state index contributed by atoms with van der Waals surface area (Å²) in [4.78, 5) is 24.3. The topological polar surface area (TPSA) is 157 Å². The van der Waals surface area contributed by atoms with Gasteiger partial charge in [-0.2, -0.15) is 0 Å². The van der Waals surface area contributed by atoms with Gasteiger partial charge in [-0.15, -0.1) is 0 Å². The van der Waals surface area contributed by atoms with Gasteiger partial charge in [0.2, 0.25) is 0 Å². The number of unbranched alkanes of at least 4 members (excludes halogenated alkanes) is 3. The summed E-state index contributed by atoms with van der Waals surface area (Å²) >= 11 is 0. The van der Waals surface area contributed by atoms with Gasteiger partial charge in [0, 0.05) is 13.1 Å². The number of carbonyl (C=O) groups excluding carboxylic acids is 2. The number of esters is 2. The molecule has 8 N–H and O–H groups in total. The van der Waals surface area contributed by atoms with Crippen molar-refractivity contribution >= 4 is 11.9 Å². The zero-order chi connectivity index (χ0) is 30.4. The first-order chi connectivity index (χ1) is 20.5. The molecular weight excluding hydrogens is 528 g/mol. The first kappa shape index (κ1) is 33.9. The van der Waals surface area contributed by atoms with E-state index in [1.807, 2.05) is 36.4 Å². The van der Waals surface area contributed by atoms with Crippen molar-refractivity contribution in [2.24, 2.45) is 22.9 Å². The molecule has 0 aromatic heterocycles. The molecule has 42 heavy (non-hydrogen) atoms. The molecule has 0 amide bonds. The molecule has 0 radical (unpaired) electrons. The van der Waals surface area contributed by atoms with Crippen LogP contribution in [-0.4, -0.2) is 25.0 Å². The number of benzene rings is 4. The third kappa shape index (κ3) is 13.3. The van der Waals surface area contributed by atoms with Crippen molar-refractivity contribution in [1.82, 2.24) is 0 Å². The normalized spacial score (nSPS) is 9.90. The van der Waals surface area contributed by atoms with Gasteiger partial charge in [-0.1, -0.05) is 79.6 Å². The lowest BCUT2D eigenvalue weighted by molar-refractivity contribution is 0.0734. The van der Waals surface area contributed by atoms with Crippen LogP contribution in [0.15, 0.2) is 109 Å². The van der Waals surface area contributed by atoms with Crippen molar-refractivity contribution in [1.29, 1.82) is 0 Å². The average molecular weight is 571 g/mol. The van der Waals surface area contributed by atoms with Crippen molar-refractivity contribution in [3.05, 3.63) is 131 Å². The van der Waals surface area contributed by atoms with Gasteiger partial charge in [-0.25, -0.2) is 9.59 Å². The molecule has 8 nitrogen and oxygen atoms in total. The van der Waals surface area contributed by atoms with Gasteiger partial charge in [-0.05, 0) is 79.5 Å². The molecule has 0 bridgehead atoms. The number of nitrogens with two attached hydrogens (primary N) is 4. The van der Waals surface area contributed by atoms with Crippen molar-refractivity contribution in [2.75, 3.05) is 13.1 Å². The Kier molecular flexibility index (Phi) is 16.5. The van der Waals surface area contributed by atoms with Crippen molar-refractivity contribution in [3.63, 3.8) is 0 Å². The van der Waals surface area contributed by atoms with Gasteiger partial charge >= 0.3 is 11.9 Å². The highest BCUT2D eigenvalue weighted by Gasteiger charge is 2.14. The first-order valence-electron chi connectivity index (χ1n) is 14.0. The molecule has 4 aromatic carbocycles. The third-order valence-corrected chi connectivity index (χ3v) is 5.86. The molecule has 4 aromatic rings. The summed E-state index contributed by atoms with van der Waals surface area (Å²) in [5.41, 5.74) is 24.3. The molecule has 0 saturated heterocycles. The van der Waals surface area contributed by atoms with Crippen LogP contribution in [0.3, 0.4) is 0 Å². The number of hydrogen-bond acceptors (Lipinski definition) is 8. The van der Waals surface area contributed by atoms with Gasteiger partial charge in [0.05, 0.1) is 11.1 Å². The van der Waals surface area contributed by atoms with Gasteiger partial charge < -0.3 is 32.4 Å². The molecule has 0 saturated carbocycles. The zero-order valence-electron chi connectivity index (χ0n) is 24.0. The van der Waals surface area contributed by atoms with E-state index in [-0.39, 0.29) is 11.1 Å². The van der Waals surface area contributed by atoms with Gasteiger partial charge in [0.1, 0.15) is 11.5 Å². The van der Waals surface area contributed by atoms with Crippen LogP contribution in [-0.2, 0) is 13.1 Å². The number of ether oxygens (including phenoxy) is 2. The van der Waals surface area contributed by atoms with Crippen LogP contribution in [0.5, 0.6) is 11.5 Å². The summed E-state index contributed by atoms with van der Waals surface area (Å²) in [7, 11) is 0. The Bertz CT molecular complexity index is 1220. The van der Waals surface area contributed by atoms with E-state index in [1.54, 1.807) is 66.7 Å². The second kappa shape index (κ2) is 20.5. The lowest BCUT2D eigenvalue weighted by Gasteiger charge is -2.07. The highest BCUT2D eigenvalue weighted by Crippen LogP contribution is 2.15. The summed E-state index contributed by atoms with van der Waals surface area (Å²) < 4.78 is 10.5. The fourth-order valence-corrected chi connectivity index (χ4v) is 3.61. The van der Waals surface area contributed by atoms with E-state index in [1.165, 1.54) is 18.9 Å². The molecule has 0 aliphatic carbocycles. The van der Waals surface area contributed by atoms with Crippen LogP contribution in [0.2, 0.25) is 0 Å². The second-order valence-electron chi connectivity index (χ2n) is 9.21.